The first-order valence-electron chi connectivity index (χ1n) is 3.89. The maximum Gasteiger partial charge on any atom is 0.180 e. The second-order valence-electron chi connectivity index (χ2n) is 2.41. The normalized spacial score (nSPS) is 9.92. The van der Waals surface area contributed by atoms with Crippen molar-refractivity contribution in [1.29, 1.82) is 5.41 Å². The second kappa shape index (κ2) is 5.99. The zero-order chi connectivity index (χ0) is 9.52. The molecule has 0 bridgehead atoms. The number of hydrogen-bond acceptors (Lipinski definition) is 5. The van der Waals surface area contributed by atoms with Gasteiger partial charge in [0, 0.05) is 23.3 Å². The summed E-state index contributed by atoms with van der Waals surface area (Å²) in [5.41, 5.74) is 2.96. The molecule has 0 aromatic carbocycles. The number of ether oxygens (including phenoxy) is 1. The van der Waals surface area contributed by atoms with Crippen LogP contribution in [0.1, 0.15) is 12.1 Å². The lowest BCUT2D eigenvalue weighted by Gasteiger charge is -2.00. The largest absolute Gasteiger partial charge is 0.484 e. The van der Waals surface area contributed by atoms with Crippen molar-refractivity contribution in [2.24, 2.45) is 0 Å². The first-order valence-corrected chi connectivity index (χ1v) is 5.99. The molecule has 72 valence electrons. The van der Waals surface area contributed by atoms with Crippen LogP contribution in [0.4, 0.5) is 0 Å². The lowest BCUT2D eigenvalue weighted by atomic mass is 10.5. The molecule has 0 aliphatic carbocycles. The molecule has 0 spiro atoms. The van der Waals surface area contributed by atoms with E-state index in [-0.39, 0.29) is 0 Å². The lowest BCUT2D eigenvalue weighted by Crippen LogP contribution is -2.00. The summed E-state index contributed by atoms with van der Waals surface area (Å²) in [6.45, 7) is 0. The summed E-state index contributed by atoms with van der Waals surface area (Å²) >= 11 is 3.40. The van der Waals surface area contributed by atoms with Gasteiger partial charge >= 0.3 is 0 Å². The van der Waals surface area contributed by atoms with Gasteiger partial charge in [0.2, 0.25) is 0 Å². The van der Waals surface area contributed by atoms with E-state index in [1.54, 1.807) is 23.1 Å². The smallest absolute Gasteiger partial charge is 0.180 e. The Morgan fingerprint density at radius 3 is 3.23 bits per heavy atom. The van der Waals surface area contributed by atoms with E-state index in [1.165, 1.54) is 7.11 Å². The minimum Gasteiger partial charge on any atom is -0.484 e. The van der Waals surface area contributed by atoms with Crippen molar-refractivity contribution in [3.63, 3.8) is 0 Å². The van der Waals surface area contributed by atoms with Crippen LogP contribution < -0.4 is 0 Å². The predicted molar refractivity (Wildman–Crippen MR) is 57.6 cm³/mol. The highest BCUT2D eigenvalue weighted by molar-refractivity contribution is 7.98. The summed E-state index contributed by atoms with van der Waals surface area (Å²) < 4.78 is 4.74. The van der Waals surface area contributed by atoms with Gasteiger partial charge in [0.05, 0.1) is 18.3 Å². The van der Waals surface area contributed by atoms with Gasteiger partial charge in [-0.2, -0.15) is 11.8 Å². The molecule has 1 aromatic rings. The van der Waals surface area contributed by atoms with Crippen molar-refractivity contribution in [2.75, 3.05) is 12.9 Å². The van der Waals surface area contributed by atoms with Gasteiger partial charge in [0.1, 0.15) is 0 Å². The van der Waals surface area contributed by atoms with Gasteiger partial charge in [-0.05, 0) is 0 Å². The monoisotopic (exact) mass is 216 g/mol. The third-order valence-electron chi connectivity index (χ3n) is 1.45. The number of methoxy groups -OCH3 is 1. The minimum absolute atomic E-state index is 0.353. The van der Waals surface area contributed by atoms with Gasteiger partial charge in [0.15, 0.2) is 5.90 Å². The molecule has 3 nitrogen and oxygen atoms in total. The number of aromatic nitrogens is 1. The summed E-state index contributed by atoms with van der Waals surface area (Å²) in [6, 6.07) is 0. The zero-order valence-electron chi connectivity index (χ0n) is 7.45. The molecule has 1 aromatic heterocycles. The Morgan fingerprint density at radius 2 is 2.62 bits per heavy atom. The molecule has 1 N–H and O–H groups in total. The fourth-order valence-corrected chi connectivity index (χ4v) is 2.26. The summed E-state index contributed by atoms with van der Waals surface area (Å²) in [4.78, 5) is 4.17. The Hall–Kier alpha value is -0.550. The number of nitrogens with zero attached hydrogens (tertiary/aromatic N) is 1. The average molecular weight is 216 g/mol. The summed E-state index contributed by atoms with van der Waals surface area (Å²) in [5, 5.41) is 9.29. The topological polar surface area (TPSA) is 46.0 Å². The molecule has 0 saturated carbocycles. The Kier molecular flexibility index (Phi) is 4.85. The van der Waals surface area contributed by atoms with E-state index in [9.17, 15) is 0 Å². The highest BCUT2D eigenvalue weighted by Crippen LogP contribution is 2.12. The second-order valence-corrected chi connectivity index (χ2v) is 4.23. The van der Waals surface area contributed by atoms with E-state index in [1.807, 2.05) is 5.51 Å². The molecular weight excluding hydrogens is 204 g/mol. The van der Waals surface area contributed by atoms with Gasteiger partial charge in [-0.25, -0.2) is 4.98 Å². The molecule has 0 aliphatic rings. The van der Waals surface area contributed by atoms with Crippen LogP contribution in [0, 0.1) is 5.41 Å². The standard InChI is InChI=1S/C8H12N2OS2/c1-11-8(9)2-3-12-4-7-5-13-6-10-7/h5-6,9H,2-4H2,1H3. The summed E-state index contributed by atoms with van der Waals surface area (Å²) in [5.74, 6) is 2.20. The molecule has 5 heteroatoms. The van der Waals surface area contributed by atoms with Crippen molar-refractivity contribution in [1.82, 2.24) is 4.98 Å². The van der Waals surface area contributed by atoms with Gasteiger partial charge < -0.3 is 4.74 Å². The highest BCUT2D eigenvalue weighted by atomic mass is 32.2. The SMILES string of the molecule is COC(=N)CCSCc1cscn1. The summed E-state index contributed by atoms with van der Waals surface area (Å²) in [7, 11) is 1.54. The van der Waals surface area contributed by atoms with Gasteiger partial charge in [-0.3, -0.25) is 5.41 Å². The van der Waals surface area contributed by atoms with E-state index in [0.29, 0.717) is 12.3 Å². The van der Waals surface area contributed by atoms with Crippen LogP contribution in [0.25, 0.3) is 0 Å². The van der Waals surface area contributed by atoms with Crippen LogP contribution in [0.15, 0.2) is 10.9 Å². The van der Waals surface area contributed by atoms with Crippen molar-refractivity contribution >= 4 is 29.0 Å². The molecule has 13 heavy (non-hydrogen) atoms. The lowest BCUT2D eigenvalue weighted by molar-refractivity contribution is 0.389. The number of rotatable bonds is 5. The van der Waals surface area contributed by atoms with E-state index < -0.39 is 0 Å². The van der Waals surface area contributed by atoms with Crippen molar-refractivity contribution < 1.29 is 4.74 Å². The number of thioether (sulfide) groups is 1. The van der Waals surface area contributed by atoms with Gasteiger partial charge in [-0.15, -0.1) is 11.3 Å². The number of nitrogens with one attached hydrogen (secondary N) is 1. The fraction of sp³-hybridized carbons (Fsp3) is 0.500. The molecule has 0 fully saturated rings. The number of thiazole rings is 1. The Balaban J connectivity index is 2.05. The van der Waals surface area contributed by atoms with E-state index in [0.717, 1.165) is 17.2 Å². The molecule has 0 amide bonds. The Morgan fingerprint density at radius 1 is 1.77 bits per heavy atom. The average Bonchev–Trinajstić information content (AvgIpc) is 2.64. The van der Waals surface area contributed by atoms with Crippen LogP contribution in [0.3, 0.4) is 0 Å². The predicted octanol–water partition coefficient (Wildman–Crippen LogP) is 2.39. The fourth-order valence-electron chi connectivity index (χ4n) is 0.752. The van der Waals surface area contributed by atoms with Gasteiger partial charge in [-0.1, -0.05) is 0 Å². The maximum atomic E-state index is 7.24. The molecule has 1 rings (SSSR count). The third kappa shape index (κ3) is 4.28. The highest BCUT2D eigenvalue weighted by Gasteiger charge is 1.97. The van der Waals surface area contributed by atoms with Crippen LogP contribution in [-0.2, 0) is 10.5 Å². The molecule has 0 aliphatic heterocycles. The number of hydrogen-bond donors (Lipinski definition) is 1. The van der Waals surface area contributed by atoms with Crippen LogP contribution in [0.2, 0.25) is 0 Å². The molecular formula is C8H12N2OS2. The molecule has 1 heterocycles. The Bertz CT molecular complexity index is 249. The zero-order valence-corrected chi connectivity index (χ0v) is 9.08. The maximum absolute atomic E-state index is 7.24. The van der Waals surface area contributed by atoms with E-state index in [4.69, 9.17) is 10.1 Å². The minimum atomic E-state index is 0.353. The van der Waals surface area contributed by atoms with Crippen molar-refractivity contribution in [2.45, 2.75) is 12.2 Å². The van der Waals surface area contributed by atoms with Crippen molar-refractivity contribution in [3.8, 4) is 0 Å². The van der Waals surface area contributed by atoms with Gasteiger partial charge in [0.25, 0.3) is 0 Å². The first-order chi connectivity index (χ1) is 6.33. The Labute approximate surface area is 86.0 Å². The quantitative estimate of drug-likeness (QED) is 0.467. The molecule has 0 atom stereocenters. The van der Waals surface area contributed by atoms with Crippen LogP contribution in [-0.4, -0.2) is 23.7 Å². The van der Waals surface area contributed by atoms with E-state index >= 15 is 0 Å². The molecule has 0 radical (unpaired) electrons. The van der Waals surface area contributed by atoms with Crippen molar-refractivity contribution in [3.05, 3.63) is 16.6 Å². The molecule has 0 unspecified atom stereocenters. The third-order valence-corrected chi connectivity index (χ3v) is 3.08. The first kappa shape index (κ1) is 10.5. The van der Waals surface area contributed by atoms with Crippen LogP contribution in [0.5, 0.6) is 0 Å². The van der Waals surface area contributed by atoms with Crippen LogP contribution >= 0.6 is 23.1 Å². The summed E-state index contributed by atoms with van der Waals surface area (Å²) in [6.07, 6.45) is 0.700. The molecule has 0 saturated heterocycles. The van der Waals surface area contributed by atoms with E-state index in [2.05, 4.69) is 10.4 Å².